The molecular formula is C94H98Cl18N22O15. The van der Waals surface area contributed by atoms with Gasteiger partial charge in [-0.25, -0.2) is 29.5 Å². The normalized spacial score (nSPS) is 17.8. The maximum absolute atomic E-state index is 13.1. The summed E-state index contributed by atoms with van der Waals surface area (Å²) in [6.45, 7) is 1.89. The van der Waals surface area contributed by atoms with Crippen molar-refractivity contribution in [2.75, 3.05) is 38.2 Å². The third-order valence-corrected chi connectivity index (χ3v) is 29.3. The van der Waals surface area contributed by atoms with Crippen molar-refractivity contribution >= 4 is 353 Å². The van der Waals surface area contributed by atoms with Gasteiger partial charge in [-0.2, -0.15) is 5.26 Å². The lowest BCUT2D eigenvalue weighted by atomic mass is 9.91. The lowest BCUT2D eigenvalue weighted by Crippen LogP contribution is -2.54. The van der Waals surface area contributed by atoms with E-state index in [1.165, 1.54) is 7.11 Å². The van der Waals surface area contributed by atoms with Crippen LogP contribution in [0.2, 0.25) is 60.3 Å². The summed E-state index contributed by atoms with van der Waals surface area (Å²) in [5, 5.41) is 60.7. The van der Waals surface area contributed by atoms with Crippen LogP contribution in [0.5, 0.6) is 0 Å². The van der Waals surface area contributed by atoms with Crippen LogP contribution in [-0.2, 0) is 71.9 Å². The number of nitriles is 1. The van der Waals surface area contributed by atoms with Crippen LogP contribution >= 0.6 is 209 Å². The number of ether oxygens (including phenoxy) is 1. The molecule has 8 heterocycles. The molecule has 55 heteroatoms. The lowest BCUT2D eigenvalue weighted by molar-refractivity contribution is -0.131. The van der Waals surface area contributed by atoms with Crippen LogP contribution in [-0.4, -0.2) is 195 Å². The number of anilines is 2. The van der Waals surface area contributed by atoms with E-state index in [0.717, 1.165) is 63.4 Å². The summed E-state index contributed by atoms with van der Waals surface area (Å²) in [6.07, 6.45) is 13.6. The van der Waals surface area contributed by atoms with Crippen LogP contribution in [0, 0.1) is 52.2 Å². The second kappa shape index (κ2) is 55.5. The number of aliphatic imine (C=N–C) groups is 3. The summed E-state index contributed by atoms with van der Waals surface area (Å²) in [4.78, 5) is 171. The Hall–Kier alpha value is -9.35. The average Bonchev–Trinajstić information content (AvgIpc) is 1.64. The van der Waals surface area contributed by atoms with Crippen molar-refractivity contribution in [2.45, 2.75) is 179 Å². The van der Waals surface area contributed by atoms with E-state index in [-0.39, 0.29) is 96.5 Å². The number of aliphatic carboxylic acids is 2. The smallest absolute Gasteiger partial charge is 0.350 e. The zero-order chi connectivity index (χ0) is 110. The van der Waals surface area contributed by atoms with E-state index >= 15 is 0 Å². The van der Waals surface area contributed by atoms with Gasteiger partial charge in [-0.3, -0.25) is 58.3 Å². The van der Waals surface area contributed by atoms with Crippen molar-refractivity contribution in [1.82, 2.24) is 62.5 Å². The number of aromatic nitrogens is 4. The molecule has 37 nitrogen and oxygen atoms in total. The molecule has 3 aliphatic carbocycles. The minimum atomic E-state index is -1.71. The molecule has 17 rings (SSSR count). The molecule has 9 aliphatic rings. The number of hydrogen-bond acceptors (Lipinski definition) is 23. The number of nitrogens with one attached hydrogen (secondary N) is 11. The zero-order valence-electron chi connectivity index (χ0n) is 78.4. The number of nitrogens with two attached hydrogens (primary N) is 5. The SMILES string of the molecule is COC(=N)C(Cl)(Cl)Cl.Clc1ccc(Cl)c2c1CC(C(Cl)(Cl)Cl)=N2.N#C[C@H](C[C@@H]1CCCNC1=O)NC(=O)[C@H](CC1CC1)NC(=O)c1nc2c(Cl)ccc(Cl)c2[nH]1.NC(=O)[C@H](C[C@@H]1CCCNC1=O)NC(=O)[C@@H](N)CC1CC1.NC(=O)[C@H](C[C@@H]1CCCNC1=O)NC(=O)[C@H](CC1CC1)NC(=O)c1nc2c(Cl)ccc(Cl)c2[nH]1.Nc1c(Cl)ccc(Cl)c1N.O=C(O)C1=Nc2c(Cl)ccc(Cl)c2C1.O=C(O)C1=Nc2c(Cl)ccc(Cl)c2C1. The fraction of sp³-hybridized carbons (Fsp3) is 0.415. The quantitative estimate of drug-likeness (QED) is 0.0104. The van der Waals surface area contributed by atoms with Gasteiger partial charge in [0.1, 0.15) is 52.7 Å². The molecule has 8 aromatic rings. The number of benzene rings is 6. The number of imidazole rings is 2. The van der Waals surface area contributed by atoms with E-state index in [1.807, 2.05) is 0 Å². The van der Waals surface area contributed by atoms with Gasteiger partial charge in [0.15, 0.2) is 11.6 Å². The first-order chi connectivity index (χ1) is 70.2. The first-order valence-electron chi connectivity index (χ1n) is 45.9. The van der Waals surface area contributed by atoms with Crippen LogP contribution in [0.1, 0.15) is 154 Å². The Bertz CT molecular complexity index is 6370. The van der Waals surface area contributed by atoms with Gasteiger partial charge < -0.3 is 96.1 Å². The van der Waals surface area contributed by atoms with Crippen LogP contribution in [0.3, 0.4) is 0 Å². The minimum Gasteiger partial charge on any atom is -0.481 e. The maximum atomic E-state index is 13.1. The van der Waals surface area contributed by atoms with Crippen molar-refractivity contribution in [3.63, 3.8) is 0 Å². The molecule has 3 saturated heterocycles. The second-order valence-corrected chi connectivity index (χ2v) is 44.8. The fourth-order valence-electron chi connectivity index (χ4n) is 15.6. The molecule has 6 aliphatic heterocycles. The molecule has 0 spiro atoms. The van der Waals surface area contributed by atoms with Crippen molar-refractivity contribution in [2.24, 2.45) is 67.7 Å². The summed E-state index contributed by atoms with van der Waals surface area (Å²) in [5.74, 6) is -6.54. The molecule has 0 bridgehead atoms. The van der Waals surface area contributed by atoms with Gasteiger partial charge >= 0.3 is 11.9 Å². The molecule has 6 aromatic carbocycles. The van der Waals surface area contributed by atoms with E-state index < -0.39 is 97.1 Å². The fourth-order valence-corrected chi connectivity index (χ4v) is 18.6. The molecular weight excluding hydrogens is 2320 g/mol. The van der Waals surface area contributed by atoms with E-state index in [4.69, 9.17) is 253 Å². The Morgan fingerprint density at radius 2 is 0.772 bits per heavy atom. The van der Waals surface area contributed by atoms with Gasteiger partial charge in [0.2, 0.25) is 56.9 Å². The van der Waals surface area contributed by atoms with Gasteiger partial charge in [0, 0.05) is 88.4 Å². The average molecular weight is 2410 g/mol. The monoisotopic (exact) mass is 2400 g/mol. The van der Waals surface area contributed by atoms with E-state index in [9.17, 15) is 62.8 Å². The Balaban J connectivity index is 0.000000182. The number of carboxylic acids is 2. The lowest BCUT2D eigenvalue weighted by Gasteiger charge is -2.26. The number of carbonyl (C=O) groups excluding carboxylic acids is 10. The molecule has 23 N–H and O–H groups in total. The number of alkyl halides is 6. The molecule has 3 saturated carbocycles. The number of carbonyl (C=O) groups is 12. The number of primary amides is 2. The zero-order valence-corrected chi connectivity index (χ0v) is 92.0. The predicted molar refractivity (Wildman–Crippen MR) is 583 cm³/mol. The summed E-state index contributed by atoms with van der Waals surface area (Å²) >= 11 is 104. The Morgan fingerprint density at radius 3 is 1.09 bits per heavy atom. The highest BCUT2D eigenvalue weighted by molar-refractivity contribution is 6.77. The van der Waals surface area contributed by atoms with E-state index in [0.29, 0.717) is 210 Å². The van der Waals surface area contributed by atoms with Gasteiger partial charge in [-0.05, 0) is 168 Å². The first kappa shape index (κ1) is 121. The Kier molecular flexibility index (Phi) is 45.2. The predicted octanol–water partition coefficient (Wildman–Crippen LogP) is 17.9. The van der Waals surface area contributed by atoms with Crippen LogP contribution in [0.15, 0.2) is 87.8 Å². The number of carboxylic acid groups (broad SMARTS) is 2. The molecule has 6 fully saturated rings. The van der Waals surface area contributed by atoms with Crippen molar-refractivity contribution in [3.05, 3.63) is 161 Å². The van der Waals surface area contributed by atoms with Crippen molar-refractivity contribution < 1.29 is 72.5 Å². The highest BCUT2D eigenvalue weighted by Crippen LogP contribution is 2.46. The number of hydrogen-bond donors (Lipinski definition) is 18. The van der Waals surface area contributed by atoms with E-state index in [2.05, 4.69) is 88.3 Å². The maximum Gasteiger partial charge on any atom is 0.350 e. The molecule has 9 atom stereocenters. The van der Waals surface area contributed by atoms with Crippen LogP contribution in [0.4, 0.5) is 28.4 Å². The Labute approximate surface area is 942 Å². The van der Waals surface area contributed by atoms with Gasteiger partial charge in [-0.15, -0.1) is 0 Å². The standard InChI is InChI=1S/C22H26Cl2N6O4.C22H24Cl2N6O3.C14H24N4O3.C9H4Cl5N.2C9H5Cl2NO2.C6H6Cl2N2.C3H4Cl3NO/c23-12-5-6-13(24)17-16(12)29-19(30-17)22(34)28-15(8-10-3-4-10)21(33)27-14(18(25)31)9-11-2-1-7-26-20(11)32;23-14-5-6-15(24)18-17(14)29-19(30-18)22(33)28-16(8-11-3-4-11)21(32)27-13(10-25)9-12-2-1-7-26-20(12)31;15-10(6-8-3-4-8)14(21)18-11(12(16)19)7-9-2-1-5-17-13(9)20;10-5-1-2-6(11)8-4(5)3-7(15-8)9(12,13)14;2*10-5-1-2-6(11)8-4(5)3-7(12-8)9(13)14;7-3-1-2-4(8)6(10)5(3)9;1-8-2(7)3(4,5)6/h5-6,10-11,14-15H,1-4,7-9H2,(H2,25,31)(H,26,32)(H,27,33)(H,28,34)(H,29,30);5-6,11-13,16H,1-4,7-9H2,(H,26,31)(H,27,32)(H,28,33)(H,29,30);8-11H,1-7,15H2,(H2,16,19)(H,17,20)(H,18,21);1-2H,3H2;2*1-2H,3H2,(H,13,14);1-2H,9-10H2;7H,1H3/t11-,14-,15-;12-,13-,16-;9-,10-,11-;;;;;/m000...../s1. The third-order valence-electron chi connectivity index (χ3n) is 24.2. The third kappa shape index (κ3) is 35.3. The van der Waals surface area contributed by atoms with Gasteiger partial charge in [0.25, 0.3) is 15.6 Å². The molecule has 10 amide bonds. The van der Waals surface area contributed by atoms with Gasteiger partial charge in [0.05, 0.1) is 110 Å². The number of amides is 10. The van der Waals surface area contributed by atoms with Gasteiger partial charge in [-0.1, -0.05) is 247 Å². The molecule has 800 valence electrons. The number of nitrogen functional groups attached to an aromatic ring is 2. The first-order valence-corrected chi connectivity index (χ1v) is 52.7. The number of nitrogens with zero attached hydrogens (tertiary/aromatic N) is 6. The number of fused-ring (bicyclic) bond motifs is 5. The largest absolute Gasteiger partial charge is 0.481 e. The molecule has 0 unspecified atom stereocenters. The summed E-state index contributed by atoms with van der Waals surface area (Å²) < 4.78 is 1.08. The number of halogens is 18. The number of piperidine rings is 3. The minimum absolute atomic E-state index is 0.00990. The Morgan fingerprint density at radius 1 is 0.443 bits per heavy atom. The summed E-state index contributed by atoms with van der Waals surface area (Å²) in [5.41, 5.74) is 34.2. The number of aromatic amines is 2. The summed E-state index contributed by atoms with van der Waals surface area (Å²) in [6, 6.07) is 16.5. The molecule has 0 radical (unpaired) electrons. The number of rotatable bonds is 26. The topological polar surface area (TPSA) is 623 Å². The molecule has 2 aromatic heterocycles. The van der Waals surface area contributed by atoms with Crippen LogP contribution < -0.4 is 71.2 Å². The highest BCUT2D eigenvalue weighted by Gasteiger charge is 2.41. The second-order valence-electron chi connectivity index (χ2n) is 35.4. The van der Waals surface area contributed by atoms with Crippen molar-refractivity contribution in [3.8, 4) is 6.07 Å². The summed E-state index contributed by atoms with van der Waals surface area (Å²) in [7, 11) is 1.27. The van der Waals surface area contributed by atoms with Crippen LogP contribution in [0.25, 0.3) is 22.1 Å². The number of methoxy groups -OCH3 is 1. The van der Waals surface area contributed by atoms with E-state index in [1.54, 1.807) is 72.8 Å². The highest BCUT2D eigenvalue weighted by atomic mass is 35.6. The number of H-pyrrole nitrogens is 2. The molecule has 149 heavy (non-hydrogen) atoms. The van der Waals surface area contributed by atoms with Crippen molar-refractivity contribution in [1.29, 1.82) is 10.7 Å².